The summed E-state index contributed by atoms with van der Waals surface area (Å²) < 4.78 is 5.16. The number of benzene rings is 1. The van der Waals surface area contributed by atoms with Gasteiger partial charge in [0.05, 0.1) is 7.11 Å². The Labute approximate surface area is 103 Å². The van der Waals surface area contributed by atoms with Crippen LogP contribution in [0.3, 0.4) is 0 Å². The highest BCUT2D eigenvalue weighted by atomic mass is 16.5. The monoisotopic (exact) mass is 235 g/mol. The number of carbonyl (C=O) groups is 1. The van der Waals surface area contributed by atoms with Crippen molar-refractivity contribution in [3.8, 4) is 5.75 Å². The lowest BCUT2D eigenvalue weighted by atomic mass is 10.1. The molecule has 0 saturated carbocycles. The quantitative estimate of drug-likeness (QED) is 0.738. The molecule has 0 fully saturated rings. The van der Waals surface area contributed by atoms with Crippen molar-refractivity contribution < 1.29 is 9.53 Å². The number of methoxy groups -OCH3 is 1. The van der Waals surface area contributed by atoms with Crippen LogP contribution in [0.5, 0.6) is 5.75 Å². The normalized spacial score (nSPS) is 10.0. The number of ether oxygens (including phenoxy) is 1. The van der Waals surface area contributed by atoms with E-state index in [1.165, 1.54) is 5.56 Å². The molecule has 0 aliphatic rings. The van der Waals surface area contributed by atoms with E-state index in [2.05, 4.69) is 11.4 Å². The van der Waals surface area contributed by atoms with Crippen LogP contribution in [-0.2, 0) is 11.2 Å². The largest absolute Gasteiger partial charge is 0.497 e. The van der Waals surface area contributed by atoms with Gasteiger partial charge in [-0.2, -0.15) is 0 Å². The van der Waals surface area contributed by atoms with Crippen LogP contribution in [0.25, 0.3) is 0 Å². The average Bonchev–Trinajstić information content (AvgIpc) is 2.35. The molecule has 0 aliphatic carbocycles. The molecule has 94 valence electrons. The molecule has 0 heterocycles. The summed E-state index contributed by atoms with van der Waals surface area (Å²) in [5.41, 5.74) is 1.24. The van der Waals surface area contributed by atoms with Crippen molar-refractivity contribution in [1.82, 2.24) is 5.32 Å². The van der Waals surface area contributed by atoms with Crippen LogP contribution in [-0.4, -0.2) is 19.6 Å². The first-order valence-electron chi connectivity index (χ1n) is 6.16. The molecule has 0 unspecified atom stereocenters. The van der Waals surface area contributed by atoms with Crippen LogP contribution in [0.4, 0.5) is 0 Å². The highest BCUT2D eigenvalue weighted by Crippen LogP contribution is 2.13. The van der Waals surface area contributed by atoms with E-state index in [-0.39, 0.29) is 5.91 Å². The number of hydrogen-bond acceptors (Lipinski definition) is 2. The molecule has 0 aliphatic heterocycles. The lowest BCUT2D eigenvalue weighted by molar-refractivity contribution is -0.121. The van der Waals surface area contributed by atoms with Crippen molar-refractivity contribution in [1.29, 1.82) is 0 Å². The molecule has 0 spiro atoms. The van der Waals surface area contributed by atoms with Crippen molar-refractivity contribution in [3.63, 3.8) is 0 Å². The second kappa shape index (κ2) is 7.71. The van der Waals surface area contributed by atoms with Gasteiger partial charge >= 0.3 is 0 Å². The van der Waals surface area contributed by atoms with Gasteiger partial charge in [-0.25, -0.2) is 0 Å². The minimum Gasteiger partial charge on any atom is -0.497 e. The maximum absolute atomic E-state index is 11.2. The third-order valence-corrected chi connectivity index (χ3v) is 2.58. The fraction of sp³-hybridized carbons (Fsp3) is 0.500. The molecule has 0 atom stereocenters. The summed E-state index contributed by atoms with van der Waals surface area (Å²) in [6, 6.07) is 8.04. The van der Waals surface area contributed by atoms with Gasteiger partial charge in [0.15, 0.2) is 0 Å². The van der Waals surface area contributed by atoms with Crippen molar-refractivity contribution >= 4 is 5.91 Å². The second-order valence-corrected chi connectivity index (χ2v) is 4.06. The van der Waals surface area contributed by atoms with Gasteiger partial charge in [0.1, 0.15) is 5.75 Å². The zero-order chi connectivity index (χ0) is 12.5. The molecule has 0 aromatic heterocycles. The van der Waals surface area contributed by atoms with Gasteiger partial charge in [0.25, 0.3) is 0 Å². The third-order valence-electron chi connectivity index (χ3n) is 2.58. The Bertz CT molecular complexity index is 350. The van der Waals surface area contributed by atoms with Gasteiger partial charge in [-0.05, 0) is 37.0 Å². The van der Waals surface area contributed by atoms with Crippen molar-refractivity contribution in [3.05, 3.63) is 29.8 Å². The molecule has 1 N–H and O–H groups in total. The summed E-state index contributed by atoms with van der Waals surface area (Å²) >= 11 is 0. The summed E-state index contributed by atoms with van der Waals surface area (Å²) in [7, 11) is 1.67. The Kier molecular flexibility index (Phi) is 6.15. The summed E-state index contributed by atoms with van der Waals surface area (Å²) in [5, 5.41) is 2.91. The minimum atomic E-state index is 0.151. The fourth-order valence-corrected chi connectivity index (χ4v) is 1.66. The van der Waals surface area contributed by atoms with Gasteiger partial charge < -0.3 is 10.1 Å². The van der Waals surface area contributed by atoms with Crippen LogP contribution in [0.15, 0.2) is 24.3 Å². The first kappa shape index (κ1) is 13.6. The summed E-state index contributed by atoms with van der Waals surface area (Å²) in [4.78, 5) is 11.2. The SMILES string of the molecule is CCCC(=O)NCCCc1cccc(OC)c1. The first-order valence-corrected chi connectivity index (χ1v) is 6.16. The molecule has 0 radical (unpaired) electrons. The summed E-state index contributed by atoms with van der Waals surface area (Å²) in [5.74, 6) is 1.04. The third kappa shape index (κ3) is 5.38. The second-order valence-electron chi connectivity index (χ2n) is 4.06. The van der Waals surface area contributed by atoms with E-state index < -0.39 is 0 Å². The number of aryl methyl sites for hydroxylation is 1. The van der Waals surface area contributed by atoms with E-state index in [0.717, 1.165) is 31.6 Å². The Morgan fingerprint density at radius 1 is 1.41 bits per heavy atom. The Hall–Kier alpha value is -1.51. The van der Waals surface area contributed by atoms with Gasteiger partial charge in [-0.1, -0.05) is 19.1 Å². The van der Waals surface area contributed by atoms with Crippen molar-refractivity contribution in [2.45, 2.75) is 32.6 Å². The molecule has 1 rings (SSSR count). The molecule has 1 amide bonds. The number of nitrogens with one attached hydrogen (secondary N) is 1. The van der Waals surface area contributed by atoms with E-state index in [1.807, 2.05) is 25.1 Å². The fourth-order valence-electron chi connectivity index (χ4n) is 1.66. The van der Waals surface area contributed by atoms with E-state index in [9.17, 15) is 4.79 Å². The Morgan fingerprint density at radius 3 is 2.94 bits per heavy atom. The van der Waals surface area contributed by atoms with Crippen LogP contribution in [0, 0.1) is 0 Å². The maximum atomic E-state index is 11.2. The van der Waals surface area contributed by atoms with Gasteiger partial charge in [0, 0.05) is 13.0 Å². The van der Waals surface area contributed by atoms with E-state index in [1.54, 1.807) is 7.11 Å². The van der Waals surface area contributed by atoms with E-state index in [4.69, 9.17) is 4.74 Å². The van der Waals surface area contributed by atoms with Crippen molar-refractivity contribution in [2.75, 3.05) is 13.7 Å². The Balaban J connectivity index is 2.24. The van der Waals surface area contributed by atoms with E-state index in [0.29, 0.717) is 6.42 Å². The number of hydrogen-bond donors (Lipinski definition) is 1. The minimum absolute atomic E-state index is 0.151. The molecule has 0 saturated heterocycles. The van der Waals surface area contributed by atoms with Crippen LogP contribution >= 0.6 is 0 Å². The highest BCUT2D eigenvalue weighted by molar-refractivity contribution is 5.75. The lowest BCUT2D eigenvalue weighted by Crippen LogP contribution is -2.24. The van der Waals surface area contributed by atoms with Crippen molar-refractivity contribution in [2.24, 2.45) is 0 Å². The highest BCUT2D eigenvalue weighted by Gasteiger charge is 1.99. The number of carbonyl (C=O) groups excluding carboxylic acids is 1. The molecule has 1 aromatic carbocycles. The maximum Gasteiger partial charge on any atom is 0.219 e. The molecule has 3 nitrogen and oxygen atoms in total. The van der Waals surface area contributed by atoms with Gasteiger partial charge in [-0.3, -0.25) is 4.79 Å². The molecule has 17 heavy (non-hydrogen) atoms. The zero-order valence-electron chi connectivity index (χ0n) is 10.7. The lowest BCUT2D eigenvalue weighted by Gasteiger charge is -2.06. The van der Waals surface area contributed by atoms with Crippen LogP contribution < -0.4 is 10.1 Å². The first-order chi connectivity index (χ1) is 8.26. The molecule has 3 heteroatoms. The van der Waals surface area contributed by atoms with Crippen LogP contribution in [0.2, 0.25) is 0 Å². The summed E-state index contributed by atoms with van der Waals surface area (Å²) in [6.07, 6.45) is 3.45. The van der Waals surface area contributed by atoms with Gasteiger partial charge in [0.2, 0.25) is 5.91 Å². The standard InChI is InChI=1S/C14H21NO2/c1-3-6-14(16)15-10-5-8-12-7-4-9-13(11-12)17-2/h4,7,9,11H,3,5-6,8,10H2,1-2H3,(H,15,16). The number of amides is 1. The smallest absolute Gasteiger partial charge is 0.219 e. The van der Waals surface area contributed by atoms with E-state index >= 15 is 0 Å². The molecule has 0 bridgehead atoms. The number of rotatable bonds is 7. The average molecular weight is 235 g/mol. The topological polar surface area (TPSA) is 38.3 Å². The van der Waals surface area contributed by atoms with Gasteiger partial charge in [-0.15, -0.1) is 0 Å². The predicted molar refractivity (Wildman–Crippen MR) is 69.2 cm³/mol. The molecule has 1 aromatic rings. The predicted octanol–water partition coefficient (Wildman–Crippen LogP) is 2.54. The Morgan fingerprint density at radius 2 is 2.24 bits per heavy atom. The molecular formula is C14H21NO2. The summed E-state index contributed by atoms with van der Waals surface area (Å²) in [6.45, 7) is 2.76. The van der Waals surface area contributed by atoms with Crippen LogP contribution in [0.1, 0.15) is 31.7 Å². The zero-order valence-corrected chi connectivity index (χ0v) is 10.7. The molecular weight excluding hydrogens is 214 g/mol.